The second-order valence-electron chi connectivity index (χ2n) is 10.7. The Balaban J connectivity index is 1.47. The van der Waals surface area contributed by atoms with Crippen LogP contribution in [0.25, 0.3) is 11.2 Å². The Bertz CT molecular complexity index is 1740. The number of carbonyl (C=O) groups is 2. The van der Waals surface area contributed by atoms with Gasteiger partial charge in [0.25, 0.3) is 17.4 Å². The van der Waals surface area contributed by atoms with E-state index in [9.17, 15) is 19.2 Å². The average molecular weight is 526 g/mol. The van der Waals surface area contributed by atoms with Crippen molar-refractivity contribution >= 4 is 28.9 Å². The summed E-state index contributed by atoms with van der Waals surface area (Å²) in [5.41, 5.74) is 0.995. The summed E-state index contributed by atoms with van der Waals surface area (Å²) in [6, 6.07) is 14.0. The molecule has 0 radical (unpaired) electrons. The predicted octanol–water partition coefficient (Wildman–Crippen LogP) is 3.04. The van der Waals surface area contributed by atoms with Gasteiger partial charge in [-0.1, -0.05) is 24.3 Å². The van der Waals surface area contributed by atoms with E-state index in [1.807, 2.05) is 24.3 Å². The van der Waals surface area contributed by atoms with Crippen molar-refractivity contribution in [3.8, 4) is 5.75 Å². The molecular weight excluding hydrogens is 498 g/mol. The monoisotopic (exact) mass is 525 g/mol. The number of imide groups is 1. The number of ether oxygens (including phenoxy) is 1. The third-order valence-corrected chi connectivity index (χ3v) is 7.86. The average Bonchev–Trinajstić information content (AvgIpc) is 3.88. The number of fused-ring (bicyclic) bond motifs is 2. The predicted molar refractivity (Wildman–Crippen MR) is 143 cm³/mol. The molecule has 2 fully saturated rings. The van der Waals surface area contributed by atoms with Gasteiger partial charge in [0, 0.05) is 13.1 Å². The minimum atomic E-state index is -0.503. The lowest BCUT2D eigenvalue weighted by Gasteiger charge is -2.16. The molecule has 10 heteroatoms. The fourth-order valence-electron chi connectivity index (χ4n) is 5.33. The number of imidazole rings is 1. The van der Waals surface area contributed by atoms with E-state index in [0.29, 0.717) is 30.7 Å². The van der Waals surface area contributed by atoms with E-state index in [0.717, 1.165) is 36.1 Å². The minimum Gasteiger partial charge on any atom is -0.497 e. The van der Waals surface area contributed by atoms with Crippen molar-refractivity contribution < 1.29 is 14.3 Å². The Labute approximate surface area is 223 Å². The molecule has 39 heavy (non-hydrogen) atoms. The van der Waals surface area contributed by atoms with Crippen molar-refractivity contribution in [1.82, 2.24) is 18.7 Å². The molecule has 2 amide bonds. The fourth-order valence-corrected chi connectivity index (χ4v) is 5.33. The van der Waals surface area contributed by atoms with Gasteiger partial charge in [-0.2, -0.15) is 4.98 Å². The van der Waals surface area contributed by atoms with E-state index in [1.54, 1.807) is 40.5 Å². The lowest BCUT2D eigenvalue weighted by Crippen LogP contribution is -2.41. The first-order valence-electron chi connectivity index (χ1n) is 13.3. The Hall–Kier alpha value is -4.47. The third kappa shape index (κ3) is 3.89. The second kappa shape index (κ2) is 8.79. The number of nitrogens with zero attached hydrogens (tertiary/aromatic N) is 5. The van der Waals surface area contributed by atoms with E-state index in [-0.39, 0.29) is 40.5 Å². The first-order valence-corrected chi connectivity index (χ1v) is 13.3. The van der Waals surface area contributed by atoms with Gasteiger partial charge in [0.2, 0.25) is 5.95 Å². The van der Waals surface area contributed by atoms with Crippen LogP contribution in [0.5, 0.6) is 5.75 Å². The molecular formula is C29H27N5O5. The number of amides is 2. The zero-order valence-corrected chi connectivity index (χ0v) is 21.5. The summed E-state index contributed by atoms with van der Waals surface area (Å²) in [7, 11) is 1.58. The molecule has 0 atom stereocenters. The van der Waals surface area contributed by atoms with Crippen LogP contribution in [-0.2, 0) is 19.6 Å². The molecule has 2 aromatic carbocycles. The second-order valence-corrected chi connectivity index (χ2v) is 10.7. The maximum Gasteiger partial charge on any atom is 0.332 e. The molecule has 3 aliphatic rings. The molecule has 3 heterocycles. The topological polar surface area (TPSA) is 108 Å². The SMILES string of the molecule is COc1ccc(Cn2c(N3C(=O)c4ccccc4C3=O)nc3c2c(=O)n(CC2CC2)c(=O)n3CC2CC2)cc1. The Kier molecular flexibility index (Phi) is 5.33. The van der Waals surface area contributed by atoms with Crippen molar-refractivity contribution in [3.63, 3.8) is 0 Å². The lowest BCUT2D eigenvalue weighted by atomic mass is 10.1. The summed E-state index contributed by atoms with van der Waals surface area (Å²) >= 11 is 0. The molecule has 7 rings (SSSR count). The third-order valence-electron chi connectivity index (χ3n) is 7.86. The van der Waals surface area contributed by atoms with Crippen LogP contribution in [0.4, 0.5) is 5.95 Å². The summed E-state index contributed by atoms with van der Waals surface area (Å²) < 4.78 is 9.80. The van der Waals surface area contributed by atoms with Crippen LogP contribution < -0.4 is 20.9 Å². The fraction of sp³-hybridized carbons (Fsp3) is 0.345. The van der Waals surface area contributed by atoms with Gasteiger partial charge in [-0.25, -0.2) is 9.69 Å². The van der Waals surface area contributed by atoms with Crippen LogP contribution in [0.3, 0.4) is 0 Å². The quantitative estimate of drug-likeness (QED) is 0.327. The number of aromatic nitrogens is 4. The molecule has 198 valence electrons. The van der Waals surface area contributed by atoms with Gasteiger partial charge in [0.15, 0.2) is 11.2 Å². The van der Waals surface area contributed by atoms with Crippen LogP contribution in [-0.4, -0.2) is 37.6 Å². The number of carbonyl (C=O) groups excluding carboxylic acids is 2. The van der Waals surface area contributed by atoms with E-state index >= 15 is 0 Å². The van der Waals surface area contributed by atoms with Crippen molar-refractivity contribution in [3.05, 3.63) is 86.1 Å². The molecule has 2 aromatic heterocycles. The van der Waals surface area contributed by atoms with Crippen molar-refractivity contribution in [2.24, 2.45) is 11.8 Å². The first kappa shape index (κ1) is 23.6. The zero-order valence-electron chi connectivity index (χ0n) is 21.5. The molecule has 0 spiro atoms. The number of methoxy groups -OCH3 is 1. The lowest BCUT2D eigenvalue weighted by molar-refractivity contribution is 0.0923. The Morgan fingerprint density at radius 1 is 0.795 bits per heavy atom. The molecule has 0 unspecified atom stereocenters. The Morgan fingerprint density at radius 2 is 1.38 bits per heavy atom. The van der Waals surface area contributed by atoms with E-state index in [4.69, 9.17) is 9.72 Å². The number of benzene rings is 2. The summed E-state index contributed by atoms with van der Waals surface area (Å²) in [6.45, 7) is 0.971. The highest BCUT2D eigenvalue weighted by Gasteiger charge is 2.40. The molecule has 0 N–H and O–H groups in total. The van der Waals surface area contributed by atoms with E-state index in [2.05, 4.69) is 0 Å². The highest BCUT2D eigenvalue weighted by Crippen LogP contribution is 2.34. The zero-order chi connectivity index (χ0) is 26.8. The summed E-state index contributed by atoms with van der Waals surface area (Å²) in [6.07, 6.45) is 3.98. The smallest absolute Gasteiger partial charge is 0.332 e. The van der Waals surface area contributed by atoms with Gasteiger partial charge >= 0.3 is 5.69 Å². The maximum absolute atomic E-state index is 14.0. The highest BCUT2D eigenvalue weighted by atomic mass is 16.5. The van der Waals surface area contributed by atoms with E-state index in [1.165, 1.54) is 4.57 Å². The number of hydrogen-bond acceptors (Lipinski definition) is 6. The summed E-state index contributed by atoms with van der Waals surface area (Å²) in [4.78, 5) is 60.3. The first-order chi connectivity index (χ1) is 18.9. The molecule has 2 aliphatic carbocycles. The van der Waals surface area contributed by atoms with Crippen LogP contribution in [0.15, 0.2) is 58.1 Å². The van der Waals surface area contributed by atoms with Gasteiger partial charge in [0.1, 0.15) is 5.75 Å². The van der Waals surface area contributed by atoms with Gasteiger partial charge in [-0.05, 0) is 67.3 Å². The van der Waals surface area contributed by atoms with Crippen molar-refractivity contribution in [2.45, 2.75) is 45.3 Å². The van der Waals surface area contributed by atoms with Gasteiger partial charge in [0.05, 0.1) is 24.8 Å². The van der Waals surface area contributed by atoms with Crippen LogP contribution >= 0.6 is 0 Å². The molecule has 0 bridgehead atoms. The normalized spacial score (nSPS) is 16.8. The molecule has 1 aliphatic heterocycles. The van der Waals surface area contributed by atoms with Crippen LogP contribution in [0, 0.1) is 11.8 Å². The standard InChI is InChI=1S/C29H27N5O5/c1-39-20-12-10-19(11-13-20)14-31-23-24(30-28(31)34-25(35)21-4-2-3-5-22(21)26(34)36)32(15-17-6-7-17)29(38)33(27(23)37)16-18-8-9-18/h2-5,10-13,17-18H,6-9,14-16H2,1H3. The highest BCUT2D eigenvalue weighted by molar-refractivity contribution is 6.34. The number of rotatable bonds is 8. The van der Waals surface area contributed by atoms with Crippen LogP contribution in [0.2, 0.25) is 0 Å². The summed E-state index contributed by atoms with van der Waals surface area (Å²) in [5, 5.41) is 0. The Morgan fingerprint density at radius 3 is 1.95 bits per heavy atom. The van der Waals surface area contributed by atoms with E-state index < -0.39 is 17.4 Å². The van der Waals surface area contributed by atoms with Crippen molar-refractivity contribution in [1.29, 1.82) is 0 Å². The van der Waals surface area contributed by atoms with Crippen LogP contribution in [0.1, 0.15) is 52.0 Å². The number of hydrogen-bond donors (Lipinski definition) is 0. The number of anilines is 1. The maximum atomic E-state index is 14.0. The molecule has 0 saturated heterocycles. The van der Waals surface area contributed by atoms with Gasteiger partial charge in [-0.15, -0.1) is 0 Å². The largest absolute Gasteiger partial charge is 0.497 e. The van der Waals surface area contributed by atoms with Gasteiger partial charge in [-0.3, -0.25) is 28.1 Å². The molecule has 2 saturated carbocycles. The van der Waals surface area contributed by atoms with Crippen molar-refractivity contribution in [2.75, 3.05) is 12.0 Å². The molecule has 10 nitrogen and oxygen atoms in total. The molecule has 4 aromatic rings. The summed E-state index contributed by atoms with van der Waals surface area (Å²) in [5.74, 6) is 0.354. The van der Waals surface area contributed by atoms with Gasteiger partial charge < -0.3 is 4.74 Å². The minimum absolute atomic E-state index is 0.0391.